The molecule has 0 spiro atoms. The van der Waals surface area contributed by atoms with Gasteiger partial charge in [0, 0.05) is 18.7 Å². The molecule has 98 valence electrons. The van der Waals surface area contributed by atoms with E-state index in [0.717, 1.165) is 0 Å². The van der Waals surface area contributed by atoms with E-state index in [1.54, 1.807) is 0 Å². The Hall–Kier alpha value is -2.15. The lowest BCUT2D eigenvalue weighted by Gasteiger charge is -2.08. The maximum Gasteiger partial charge on any atom is 0.270 e. The van der Waals surface area contributed by atoms with Gasteiger partial charge in [-0.15, -0.1) is 0 Å². The van der Waals surface area contributed by atoms with Crippen molar-refractivity contribution in [2.45, 2.75) is 6.42 Å². The van der Waals surface area contributed by atoms with Crippen LogP contribution in [0.1, 0.15) is 16.8 Å². The number of benzene rings is 1. The number of carbonyl (C=O) groups is 1. The molecular weight excluding hydrogens is 238 g/mol. The zero-order valence-corrected chi connectivity index (χ0v) is 10.0. The molecule has 18 heavy (non-hydrogen) atoms. The van der Waals surface area contributed by atoms with Gasteiger partial charge in [0.1, 0.15) is 5.75 Å². The number of nitrogens with two attached hydrogens (primary N) is 1. The van der Waals surface area contributed by atoms with Crippen molar-refractivity contribution in [3.63, 3.8) is 0 Å². The molecule has 0 saturated heterocycles. The lowest BCUT2D eigenvalue weighted by atomic mass is 10.1. The van der Waals surface area contributed by atoms with E-state index in [-0.39, 0.29) is 11.3 Å². The fraction of sp³-hybridized carbons (Fsp3) is 0.364. The lowest BCUT2D eigenvalue weighted by molar-refractivity contribution is -0.384. The van der Waals surface area contributed by atoms with Crippen LogP contribution < -0.4 is 15.8 Å². The zero-order valence-electron chi connectivity index (χ0n) is 10.0. The average Bonchev–Trinajstić information content (AvgIpc) is 2.38. The van der Waals surface area contributed by atoms with Crippen LogP contribution in [0.15, 0.2) is 18.2 Å². The number of nitrogens with one attached hydrogen (secondary N) is 1. The highest BCUT2D eigenvalue weighted by molar-refractivity contribution is 5.97. The molecule has 1 amide bonds. The SMILES string of the molecule is COc1ccc([N+](=O)[O-])cc1C(=O)NCCCN. The second kappa shape index (κ2) is 6.55. The molecule has 0 bridgehead atoms. The summed E-state index contributed by atoms with van der Waals surface area (Å²) in [5.41, 5.74) is 5.30. The Balaban J connectivity index is 2.93. The monoisotopic (exact) mass is 253 g/mol. The summed E-state index contributed by atoms with van der Waals surface area (Å²) in [6.45, 7) is 0.882. The first-order chi connectivity index (χ1) is 8.60. The van der Waals surface area contributed by atoms with Gasteiger partial charge in [0.15, 0.2) is 0 Å². The van der Waals surface area contributed by atoms with Crippen LogP contribution in [0.3, 0.4) is 0 Å². The van der Waals surface area contributed by atoms with Crippen molar-refractivity contribution in [3.05, 3.63) is 33.9 Å². The van der Waals surface area contributed by atoms with E-state index in [2.05, 4.69) is 5.32 Å². The van der Waals surface area contributed by atoms with Gasteiger partial charge in [-0.2, -0.15) is 0 Å². The molecule has 0 atom stereocenters. The number of nitrogens with zero attached hydrogens (tertiary/aromatic N) is 1. The van der Waals surface area contributed by atoms with Gasteiger partial charge in [0.25, 0.3) is 11.6 Å². The molecule has 0 aliphatic heterocycles. The largest absolute Gasteiger partial charge is 0.496 e. The van der Waals surface area contributed by atoms with E-state index in [1.807, 2.05) is 0 Å². The summed E-state index contributed by atoms with van der Waals surface area (Å²) >= 11 is 0. The average molecular weight is 253 g/mol. The van der Waals surface area contributed by atoms with Gasteiger partial charge in [-0.1, -0.05) is 0 Å². The molecule has 0 heterocycles. The second-order valence-electron chi connectivity index (χ2n) is 3.54. The quantitative estimate of drug-likeness (QED) is 0.440. The molecule has 7 nitrogen and oxygen atoms in total. The lowest BCUT2D eigenvalue weighted by Crippen LogP contribution is -2.26. The third kappa shape index (κ3) is 3.42. The third-order valence-electron chi connectivity index (χ3n) is 2.30. The number of hydrogen-bond donors (Lipinski definition) is 2. The minimum atomic E-state index is -0.559. The van der Waals surface area contributed by atoms with Crippen LogP contribution in [0, 0.1) is 10.1 Å². The highest BCUT2D eigenvalue weighted by Crippen LogP contribution is 2.23. The number of rotatable bonds is 6. The van der Waals surface area contributed by atoms with E-state index < -0.39 is 10.8 Å². The van der Waals surface area contributed by atoms with Crippen LogP contribution in [-0.4, -0.2) is 31.0 Å². The minimum Gasteiger partial charge on any atom is -0.496 e. The standard InChI is InChI=1S/C11H15N3O4/c1-18-10-4-3-8(14(16)17)7-9(10)11(15)13-6-2-5-12/h3-4,7H,2,5-6,12H2,1H3,(H,13,15). The van der Waals surface area contributed by atoms with Gasteiger partial charge < -0.3 is 15.8 Å². The molecule has 3 N–H and O–H groups in total. The van der Waals surface area contributed by atoms with Crippen LogP contribution in [0.2, 0.25) is 0 Å². The molecule has 0 unspecified atom stereocenters. The summed E-state index contributed by atoms with van der Waals surface area (Å²) in [7, 11) is 1.40. The van der Waals surface area contributed by atoms with Gasteiger partial charge in [-0.3, -0.25) is 14.9 Å². The van der Waals surface area contributed by atoms with E-state index >= 15 is 0 Å². The number of nitro groups is 1. The Bertz CT molecular complexity index is 448. The topological polar surface area (TPSA) is 107 Å². The molecule has 0 aromatic heterocycles. The van der Waals surface area contributed by atoms with Crippen molar-refractivity contribution in [2.24, 2.45) is 5.73 Å². The maximum atomic E-state index is 11.8. The number of methoxy groups -OCH3 is 1. The summed E-state index contributed by atoms with van der Waals surface area (Å²) in [5.74, 6) is -0.116. The molecule has 1 aromatic carbocycles. The van der Waals surface area contributed by atoms with Gasteiger partial charge in [0.05, 0.1) is 17.6 Å². The van der Waals surface area contributed by atoms with Crippen LogP contribution in [0.5, 0.6) is 5.75 Å². The highest BCUT2D eigenvalue weighted by atomic mass is 16.6. The van der Waals surface area contributed by atoms with Gasteiger partial charge >= 0.3 is 0 Å². The van der Waals surface area contributed by atoms with Crippen LogP contribution in [-0.2, 0) is 0 Å². The summed E-state index contributed by atoms with van der Waals surface area (Å²) in [6.07, 6.45) is 0.642. The predicted molar refractivity (Wildman–Crippen MR) is 65.7 cm³/mol. The van der Waals surface area contributed by atoms with Gasteiger partial charge in [-0.25, -0.2) is 0 Å². The van der Waals surface area contributed by atoms with Crippen molar-refractivity contribution < 1.29 is 14.5 Å². The Labute approximate surface area is 104 Å². The fourth-order valence-corrected chi connectivity index (χ4v) is 1.39. The van der Waals surface area contributed by atoms with E-state index in [1.165, 1.54) is 25.3 Å². The number of nitro benzene ring substituents is 1. The summed E-state index contributed by atoms with van der Waals surface area (Å²) in [4.78, 5) is 21.9. The highest BCUT2D eigenvalue weighted by Gasteiger charge is 2.16. The Morgan fingerprint density at radius 3 is 2.83 bits per heavy atom. The molecule has 0 radical (unpaired) electrons. The molecule has 0 aliphatic carbocycles. The Kier molecular flexibility index (Phi) is 5.06. The molecule has 0 aliphatic rings. The Morgan fingerprint density at radius 1 is 1.56 bits per heavy atom. The summed E-state index contributed by atoms with van der Waals surface area (Å²) < 4.78 is 5.00. The van der Waals surface area contributed by atoms with Crippen molar-refractivity contribution in [3.8, 4) is 5.75 Å². The molecule has 1 rings (SSSR count). The first kappa shape index (κ1) is 13.9. The third-order valence-corrected chi connectivity index (χ3v) is 2.30. The molecule has 7 heteroatoms. The molecule has 1 aromatic rings. The Morgan fingerprint density at radius 2 is 2.28 bits per heavy atom. The van der Waals surface area contributed by atoms with Crippen molar-refractivity contribution in [1.82, 2.24) is 5.32 Å². The normalized spacial score (nSPS) is 9.89. The summed E-state index contributed by atoms with van der Waals surface area (Å²) in [5, 5.41) is 13.3. The predicted octanol–water partition coefficient (Wildman–Crippen LogP) is 0.682. The second-order valence-corrected chi connectivity index (χ2v) is 3.54. The number of non-ortho nitro benzene ring substituents is 1. The number of ether oxygens (including phenoxy) is 1. The van der Waals surface area contributed by atoms with Gasteiger partial charge in [0.2, 0.25) is 0 Å². The smallest absolute Gasteiger partial charge is 0.270 e. The minimum absolute atomic E-state index is 0.142. The zero-order chi connectivity index (χ0) is 13.5. The van der Waals surface area contributed by atoms with Crippen molar-refractivity contribution >= 4 is 11.6 Å². The van der Waals surface area contributed by atoms with Gasteiger partial charge in [-0.05, 0) is 19.0 Å². The number of amides is 1. The summed E-state index contributed by atoms with van der Waals surface area (Å²) in [6, 6.07) is 3.88. The van der Waals surface area contributed by atoms with Crippen LogP contribution >= 0.6 is 0 Å². The van der Waals surface area contributed by atoms with Crippen LogP contribution in [0.4, 0.5) is 5.69 Å². The number of hydrogen-bond acceptors (Lipinski definition) is 5. The molecule has 0 fully saturated rings. The maximum absolute atomic E-state index is 11.8. The van der Waals surface area contributed by atoms with E-state index in [0.29, 0.717) is 25.3 Å². The molecular formula is C11H15N3O4. The van der Waals surface area contributed by atoms with Crippen molar-refractivity contribution in [2.75, 3.05) is 20.2 Å². The van der Waals surface area contributed by atoms with E-state index in [9.17, 15) is 14.9 Å². The first-order valence-electron chi connectivity index (χ1n) is 5.41. The van der Waals surface area contributed by atoms with Crippen molar-refractivity contribution in [1.29, 1.82) is 0 Å². The molecule has 0 saturated carbocycles. The fourth-order valence-electron chi connectivity index (χ4n) is 1.39. The first-order valence-corrected chi connectivity index (χ1v) is 5.41. The van der Waals surface area contributed by atoms with Crippen LogP contribution in [0.25, 0.3) is 0 Å². The van der Waals surface area contributed by atoms with E-state index in [4.69, 9.17) is 10.5 Å². The number of carbonyl (C=O) groups excluding carboxylic acids is 1.